The number of fused-ring (bicyclic) bond motifs is 1. The zero-order valence-corrected chi connectivity index (χ0v) is 16.8. The molecule has 0 aliphatic rings. The van der Waals surface area contributed by atoms with Gasteiger partial charge >= 0.3 is 0 Å². The summed E-state index contributed by atoms with van der Waals surface area (Å²) >= 11 is 0. The van der Waals surface area contributed by atoms with Gasteiger partial charge in [-0.3, -0.25) is 9.78 Å². The standard InChI is InChI=1S/C24H22N4O2/c1-16-7-3-4-9-19(16)15-30-22-12-11-18-8-5-6-10-20(18)21(22)14-25-28-24-26-17(2)13-23(29)27-24/h3-14H,15H2,1-2H3,(H2,26,27,28,29)/b25-14+. The van der Waals surface area contributed by atoms with Crippen LogP contribution in [0, 0.1) is 13.8 Å². The number of aryl methyl sites for hydroxylation is 2. The molecule has 150 valence electrons. The first-order chi connectivity index (χ1) is 14.6. The third kappa shape index (κ3) is 4.38. The molecule has 0 saturated carbocycles. The molecule has 1 heterocycles. The summed E-state index contributed by atoms with van der Waals surface area (Å²) in [6, 6.07) is 21.6. The fraction of sp³-hybridized carbons (Fsp3) is 0.125. The number of hydrazone groups is 1. The maximum Gasteiger partial charge on any atom is 0.252 e. The van der Waals surface area contributed by atoms with Gasteiger partial charge in [-0.1, -0.05) is 54.6 Å². The van der Waals surface area contributed by atoms with Crippen molar-refractivity contribution in [1.82, 2.24) is 9.97 Å². The number of hydrogen-bond acceptors (Lipinski definition) is 5. The first-order valence-electron chi connectivity index (χ1n) is 9.66. The Labute approximate surface area is 174 Å². The second-order valence-corrected chi connectivity index (χ2v) is 7.02. The van der Waals surface area contributed by atoms with Crippen LogP contribution < -0.4 is 15.7 Å². The Kier molecular flexibility index (Phi) is 5.57. The van der Waals surface area contributed by atoms with Gasteiger partial charge in [0.15, 0.2) is 0 Å². The van der Waals surface area contributed by atoms with Crippen LogP contribution in [-0.4, -0.2) is 16.2 Å². The molecule has 1 aromatic heterocycles. The van der Waals surface area contributed by atoms with Gasteiger partial charge in [-0.05, 0) is 41.8 Å². The number of H-pyrrole nitrogens is 1. The lowest BCUT2D eigenvalue weighted by atomic mass is 10.0. The van der Waals surface area contributed by atoms with E-state index in [0.717, 1.165) is 27.6 Å². The van der Waals surface area contributed by atoms with Crippen molar-refractivity contribution in [2.45, 2.75) is 20.5 Å². The Bertz CT molecular complexity index is 1280. The number of hydrogen-bond donors (Lipinski definition) is 2. The summed E-state index contributed by atoms with van der Waals surface area (Å²) in [6.07, 6.45) is 1.69. The number of aromatic nitrogens is 2. The molecule has 0 spiro atoms. The Morgan fingerprint density at radius 1 is 1.07 bits per heavy atom. The van der Waals surface area contributed by atoms with Gasteiger partial charge in [0.25, 0.3) is 5.56 Å². The number of ether oxygens (including phenoxy) is 1. The molecule has 4 rings (SSSR count). The van der Waals surface area contributed by atoms with E-state index in [1.807, 2.05) is 48.5 Å². The lowest BCUT2D eigenvalue weighted by Crippen LogP contribution is -2.10. The molecule has 0 atom stereocenters. The average Bonchev–Trinajstić information content (AvgIpc) is 2.73. The van der Waals surface area contributed by atoms with Crippen LogP contribution in [0.2, 0.25) is 0 Å². The minimum Gasteiger partial charge on any atom is -0.488 e. The summed E-state index contributed by atoms with van der Waals surface area (Å²) in [6.45, 7) is 4.29. The summed E-state index contributed by atoms with van der Waals surface area (Å²) in [7, 11) is 0. The van der Waals surface area contributed by atoms with Crippen LogP contribution in [0.1, 0.15) is 22.4 Å². The molecule has 6 nitrogen and oxygen atoms in total. The SMILES string of the molecule is Cc1cc(=O)[nH]c(N/N=C/c2c(OCc3ccccc3C)ccc3ccccc23)n1. The van der Waals surface area contributed by atoms with Crippen LogP contribution in [-0.2, 0) is 6.61 Å². The molecule has 0 saturated heterocycles. The normalized spacial score (nSPS) is 11.1. The molecule has 2 N–H and O–H groups in total. The van der Waals surface area contributed by atoms with Crippen LogP contribution in [0.5, 0.6) is 5.75 Å². The van der Waals surface area contributed by atoms with E-state index >= 15 is 0 Å². The van der Waals surface area contributed by atoms with Gasteiger partial charge in [-0.25, -0.2) is 10.4 Å². The second-order valence-electron chi connectivity index (χ2n) is 7.02. The van der Waals surface area contributed by atoms with Crippen molar-refractivity contribution in [2.24, 2.45) is 5.10 Å². The van der Waals surface area contributed by atoms with Gasteiger partial charge in [0.1, 0.15) is 12.4 Å². The highest BCUT2D eigenvalue weighted by molar-refractivity contribution is 6.02. The Hall–Kier alpha value is -3.93. The fourth-order valence-electron chi connectivity index (χ4n) is 3.25. The van der Waals surface area contributed by atoms with Crippen molar-refractivity contribution in [2.75, 3.05) is 5.43 Å². The summed E-state index contributed by atoms with van der Waals surface area (Å²) < 4.78 is 6.16. The van der Waals surface area contributed by atoms with E-state index in [4.69, 9.17) is 4.74 Å². The van der Waals surface area contributed by atoms with Crippen molar-refractivity contribution in [3.63, 3.8) is 0 Å². The van der Waals surface area contributed by atoms with Crippen molar-refractivity contribution in [1.29, 1.82) is 0 Å². The largest absolute Gasteiger partial charge is 0.488 e. The molecule has 0 bridgehead atoms. The molecule has 0 radical (unpaired) electrons. The van der Waals surface area contributed by atoms with Crippen LogP contribution >= 0.6 is 0 Å². The van der Waals surface area contributed by atoms with Crippen LogP contribution in [0.3, 0.4) is 0 Å². The van der Waals surface area contributed by atoms with E-state index in [1.165, 1.54) is 11.6 Å². The van der Waals surface area contributed by atoms with Crippen LogP contribution in [0.4, 0.5) is 5.95 Å². The summed E-state index contributed by atoms with van der Waals surface area (Å²) in [4.78, 5) is 18.5. The molecule has 6 heteroatoms. The van der Waals surface area contributed by atoms with Crippen molar-refractivity contribution >= 4 is 22.9 Å². The second kappa shape index (κ2) is 8.61. The first kappa shape index (κ1) is 19.4. The topological polar surface area (TPSA) is 79.4 Å². The smallest absolute Gasteiger partial charge is 0.252 e. The molecule has 0 aliphatic carbocycles. The number of rotatable bonds is 6. The first-order valence-corrected chi connectivity index (χ1v) is 9.66. The Morgan fingerprint density at radius 2 is 1.87 bits per heavy atom. The van der Waals surface area contributed by atoms with Gasteiger partial charge in [0.2, 0.25) is 5.95 Å². The summed E-state index contributed by atoms with van der Waals surface area (Å²) in [5, 5.41) is 6.40. The molecule has 3 aromatic carbocycles. The van der Waals surface area contributed by atoms with Gasteiger partial charge < -0.3 is 4.74 Å². The maximum absolute atomic E-state index is 11.6. The Balaban J connectivity index is 1.64. The third-order valence-corrected chi connectivity index (χ3v) is 4.81. The van der Waals surface area contributed by atoms with E-state index in [1.54, 1.807) is 13.1 Å². The molecular formula is C24H22N4O2. The maximum atomic E-state index is 11.6. The lowest BCUT2D eigenvalue weighted by molar-refractivity contribution is 0.305. The predicted octanol–water partition coefficient (Wildman–Crippen LogP) is 4.56. The van der Waals surface area contributed by atoms with Crippen molar-refractivity contribution in [3.05, 3.63) is 99.5 Å². The van der Waals surface area contributed by atoms with Gasteiger partial charge in [-0.15, -0.1) is 0 Å². The van der Waals surface area contributed by atoms with Crippen LogP contribution in [0.25, 0.3) is 10.8 Å². The monoisotopic (exact) mass is 398 g/mol. The van der Waals surface area contributed by atoms with E-state index < -0.39 is 0 Å². The Morgan fingerprint density at radius 3 is 2.70 bits per heavy atom. The molecule has 0 amide bonds. The van der Waals surface area contributed by atoms with E-state index in [2.05, 4.69) is 39.6 Å². The van der Waals surface area contributed by atoms with Gasteiger partial charge in [0.05, 0.1) is 6.21 Å². The van der Waals surface area contributed by atoms with E-state index in [9.17, 15) is 4.79 Å². The number of benzene rings is 3. The van der Waals surface area contributed by atoms with Crippen molar-refractivity contribution in [3.8, 4) is 5.75 Å². The highest BCUT2D eigenvalue weighted by Gasteiger charge is 2.08. The van der Waals surface area contributed by atoms with Gasteiger partial charge in [0, 0.05) is 17.3 Å². The highest BCUT2D eigenvalue weighted by Crippen LogP contribution is 2.27. The molecule has 4 aromatic rings. The van der Waals surface area contributed by atoms with Gasteiger partial charge in [-0.2, -0.15) is 5.10 Å². The molecule has 0 fully saturated rings. The number of nitrogens with zero attached hydrogens (tertiary/aromatic N) is 2. The predicted molar refractivity (Wildman–Crippen MR) is 120 cm³/mol. The minimum absolute atomic E-state index is 0.229. The van der Waals surface area contributed by atoms with E-state index in [-0.39, 0.29) is 5.56 Å². The lowest BCUT2D eigenvalue weighted by Gasteiger charge is -2.13. The van der Waals surface area contributed by atoms with Crippen molar-refractivity contribution < 1.29 is 4.74 Å². The number of nitrogens with one attached hydrogen (secondary N) is 2. The zero-order chi connectivity index (χ0) is 20.9. The van der Waals surface area contributed by atoms with Crippen LogP contribution in [0.15, 0.2) is 76.6 Å². The minimum atomic E-state index is -0.229. The fourth-order valence-corrected chi connectivity index (χ4v) is 3.25. The van der Waals surface area contributed by atoms with E-state index in [0.29, 0.717) is 18.2 Å². The molecule has 0 unspecified atom stereocenters. The number of aromatic amines is 1. The molecular weight excluding hydrogens is 376 g/mol. The quantitative estimate of drug-likeness (QED) is 0.368. The summed E-state index contributed by atoms with van der Waals surface area (Å²) in [5.74, 6) is 1.02. The number of anilines is 1. The zero-order valence-electron chi connectivity index (χ0n) is 16.8. The summed E-state index contributed by atoms with van der Waals surface area (Å²) in [5.41, 5.74) is 6.35. The third-order valence-electron chi connectivity index (χ3n) is 4.81. The molecule has 0 aliphatic heterocycles. The average molecular weight is 398 g/mol. The highest BCUT2D eigenvalue weighted by atomic mass is 16.5. The molecule has 30 heavy (non-hydrogen) atoms.